The SMILES string of the molecule is CCc1nc(-c2ccncc2)nc(CC)c1CCNC. The van der Waals surface area contributed by atoms with Crippen LogP contribution in [0.25, 0.3) is 11.4 Å². The van der Waals surface area contributed by atoms with Crippen molar-refractivity contribution in [2.75, 3.05) is 13.6 Å². The summed E-state index contributed by atoms with van der Waals surface area (Å²) in [6, 6.07) is 3.92. The molecule has 4 heteroatoms. The van der Waals surface area contributed by atoms with E-state index in [1.807, 2.05) is 19.2 Å². The lowest BCUT2D eigenvalue weighted by molar-refractivity contribution is 0.760. The van der Waals surface area contributed by atoms with Gasteiger partial charge in [-0.2, -0.15) is 0 Å². The maximum absolute atomic E-state index is 4.76. The molecule has 0 aliphatic carbocycles. The summed E-state index contributed by atoms with van der Waals surface area (Å²) in [5.41, 5.74) is 4.67. The Balaban J connectivity index is 2.47. The molecule has 0 aliphatic heterocycles. The van der Waals surface area contributed by atoms with Crippen LogP contribution in [0.3, 0.4) is 0 Å². The summed E-state index contributed by atoms with van der Waals surface area (Å²) >= 11 is 0. The molecule has 0 fully saturated rings. The minimum absolute atomic E-state index is 0.814. The average molecular weight is 270 g/mol. The predicted molar refractivity (Wildman–Crippen MR) is 81.6 cm³/mol. The van der Waals surface area contributed by atoms with Gasteiger partial charge in [-0.05, 0) is 50.6 Å². The van der Waals surface area contributed by atoms with Gasteiger partial charge in [-0.3, -0.25) is 4.98 Å². The average Bonchev–Trinajstić information content (AvgIpc) is 2.52. The Labute approximate surface area is 120 Å². The molecule has 106 valence electrons. The van der Waals surface area contributed by atoms with E-state index in [0.717, 1.165) is 37.2 Å². The third-order valence-electron chi connectivity index (χ3n) is 3.41. The molecule has 0 bridgehead atoms. The van der Waals surface area contributed by atoms with Gasteiger partial charge < -0.3 is 5.32 Å². The van der Waals surface area contributed by atoms with E-state index in [1.54, 1.807) is 12.4 Å². The Morgan fingerprint density at radius 2 is 1.60 bits per heavy atom. The second-order valence-corrected chi connectivity index (χ2v) is 4.72. The zero-order chi connectivity index (χ0) is 14.4. The van der Waals surface area contributed by atoms with Gasteiger partial charge in [0.25, 0.3) is 0 Å². The van der Waals surface area contributed by atoms with Gasteiger partial charge in [0.15, 0.2) is 5.82 Å². The van der Waals surface area contributed by atoms with E-state index >= 15 is 0 Å². The number of hydrogen-bond acceptors (Lipinski definition) is 4. The maximum Gasteiger partial charge on any atom is 0.159 e. The molecule has 0 amide bonds. The fraction of sp³-hybridized carbons (Fsp3) is 0.438. The van der Waals surface area contributed by atoms with E-state index in [2.05, 4.69) is 24.1 Å². The van der Waals surface area contributed by atoms with Crippen LogP contribution in [-0.2, 0) is 19.3 Å². The summed E-state index contributed by atoms with van der Waals surface area (Å²) in [6.07, 6.45) is 6.43. The van der Waals surface area contributed by atoms with E-state index < -0.39 is 0 Å². The van der Waals surface area contributed by atoms with Gasteiger partial charge in [0.2, 0.25) is 0 Å². The third kappa shape index (κ3) is 3.20. The summed E-state index contributed by atoms with van der Waals surface area (Å²) in [5.74, 6) is 0.814. The monoisotopic (exact) mass is 270 g/mol. The molecule has 0 radical (unpaired) electrons. The first-order valence-electron chi connectivity index (χ1n) is 7.23. The number of aryl methyl sites for hydroxylation is 2. The van der Waals surface area contributed by atoms with Gasteiger partial charge in [0.1, 0.15) is 0 Å². The van der Waals surface area contributed by atoms with Crippen molar-refractivity contribution < 1.29 is 0 Å². The van der Waals surface area contributed by atoms with Crippen LogP contribution < -0.4 is 5.32 Å². The molecule has 0 spiro atoms. The lowest BCUT2D eigenvalue weighted by Crippen LogP contribution is -2.15. The summed E-state index contributed by atoms with van der Waals surface area (Å²) in [6.45, 7) is 5.26. The highest BCUT2D eigenvalue weighted by molar-refractivity contribution is 5.54. The first-order valence-corrected chi connectivity index (χ1v) is 7.23. The Morgan fingerprint density at radius 3 is 2.10 bits per heavy atom. The second kappa shape index (κ2) is 7.10. The van der Waals surface area contributed by atoms with E-state index in [0.29, 0.717) is 0 Å². The normalized spacial score (nSPS) is 10.8. The minimum Gasteiger partial charge on any atom is -0.319 e. The maximum atomic E-state index is 4.76. The number of hydrogen-bond donors (Lipinski definition) is 1. The van der Waals surface area contributed by atoms with E-state index in [-0.39, 0.29) is 0 Å². The van der Waals surface area contributed by atoms with Crippen LogP contribution in [0.2, 0.25) is 0 Å². The molecular formula is C16H22N4. The lowest BCUT2D eigenvalue weighted by atomic mass is 10.0. The van der Waals surface area contributed by atoms with Crippen molar-refractivity contribution in [2.45, 2.75) is 33.1 Å². The molecule has 2 heterocycles. The van der Waals surface area contributed by atoms with Crippen LogP contribution >= 0.6 is 0 Å². The standard InChI is InChI=1S/C16H22N4/c1-4-14-13(8-9-17-3)15(5-2)20-16(19-14)12-6-10-18-11-7-12/h6-7,10-11,17H,4-5,8-9H2,1-3H3. The van der Waals surface area contributed by atoms with Crippen molar-refractivity contribution in [3.05, 3.63) is 41.5 Å². The van der Waals surface area contributed by atoms with Crippen molar-refractivity contribution in [3.63, 3.8) is 0 Å². The van der Waals surface area contributed by atoms with E-state index in [9.17, 15) is 0 Å². The van der Waals surface area contributed by atoms with Gasteiger partial charge in [-0.25, -0.2) is 9.97 Å². The van der Waals surface area contributed by atoms with Gasteiger partial charge in [0.05, 0.1) is 0 Å². The Hall–Kier alpha value is -1.81. The predicted octanol–water partition coefficient (Wildman–Crippen LogP) is 2.43. The van der Waals surface area contributed by atoms with Gasteiger partial charge in [0, 0.05) is 29.3 Å². The molecule has 2 aromatic rings. The summed E-state index contributed by atoms with van der Waals surface area (Å²) in [5, 5.41) is 3.20. The van der Waals surface area contributed by atoms with Crippen LogP contribution in [0, 0.1) is 0 Å². The second-order valence-electron chi connectivity index (χ2n) is 4.72. The molecule has 2 aromatic heterocycles. The van der Waals surface area contributed by atoms with Gasteiger partial charge in [-0.1, -0.05) is 13.8 Å². The highest BCUT2D eigenvalue weighted by atomic mass is 14.9. The van der Waals surface area contributed by atoms with Gasteiger partial charge in [-0.15, -0.1) is 0 Å². The highest BCUT2D eigenvalue weighted by Crippen LogP contribution is 2.20. The number of nitrogens with zero attached hydrogens (tertiary/aromatic N) is 3. The van der Waals surface area contributed by atoms with Crippen LogP contribution in [-0.4, -0.2) is 28.5 Å². The van der Waals surface area contributed by atoms with E-state index in [4.69, 9.17) is 9.97 Å². The van der Waals surface area contributed by atoms with Crippen molar-refractivity contribution in [3.8, 4) is 11.4 Å². The molecule has 0 saturated carbocycles. The molecular weight excluding hydrogens is 248 g/mol. The Bertz CT molecular complexity index is 527. The van der Waals surface area contributed by atoms with Gasteiger partial charge >= 0.3 is 0 Å². The molecule has 0 aromatic carbocycles. The summed E-state index contributed by atoms with van der Waals surface area (Å²) in [7, 11) is 1.98. The van der Waals surface area contributed by atoms with Crippen molar-refractivity contribution in [1.29, 1.82) is 0 Å². The molecule has 0 saturated heterocycles. The fourth-order valence-electron chi connectivity index (χ4n) is 2.34. The number of likely N-dealkylation sites (N-methyl/N-ethyl adjacent to an activating group) is 1. The van der Waals surface area contributed by atoms with Crippen molar-refractivity contribution in [2.24, 2.45) is 0 Å². The number of nitrogens with one attached hydrogen (secondary N) is 1. The van der Waals surface area contributed by atoms with Crippen molar-refractivity contribution in [1.82, 2.24) is 20.3 Å². The highest BCUT2D eigenvalue weighted by Gasteiger charge is 2.12. The quantitative estimate of drug-likeness (QED) is 0.876. The fourth-order valence-corrected chi connectivity index (χ4v) is 2.34. The Morgan fingerprint density at radius 1 is 1.00 bits per heavy atom. The van der Waals surface area contributed by atoms with Crippen molar-refractivity contribution >= 4 is 0 Å². The van der Waals surface area contributed by atoms with Crippen LogP contribution in [0.5, 0.6) is 0 Å². The largest absolute Gasteiger partial charge is 0.319 e. The summed E-state index contributed by atoms with van der Waals surface area (Å²) in [4.78, 5) is 13.6. The Kier molecular flexibility index (Phi) is 5.18. The molecule has 1 N–H and O–H groups in total. The van der Waals surface area contributed by atoms with Crippen LogP contribution in [0.4, 0.5) is 0 Å². The molecule has 0 atom stereocenters. The smallest absolute Gasteiger partial charge is 0.159 e. The van der Waals surface area contributed by atoms with Crippen LogP contribution in [0.1, 0.15) is 30.8 Å². The number of aromatic nitrogens is 3. The molecule has 2 rings (SSSR count). The summed E-state index contributed by atoms with van der Waals surface area (Å²) < 4.78 is 0. The van der Waals surface area contributed by atoms with Crippen LogP contribution in [0.15, 0.2) is 24.5 Å². The molecule has 0 aliphatic rings. The molecule has 4 nitrogen and oxygen atoms in total. The lowest BCUT2D eigenvalue weighted by Gasteiger charge is -2.14. The zero-order valence-corrected chi connectivity index (χ0v) is 12.5. The zero-order valence-electron chi connectivity index (χ0n) is 12.5. The third-order valence-corrected chi connectivity index (χ3v) is 3.41. The molecule has 0 unspecified atom stereocenters. The molecule has 20 heavy (non-hydrogen) atoms. The minimum atomic E-state index is 0.814. The topological polar surface area (TPSA) is 50.7 Å². The first-order chi connectivity index (χ1) is 9.80. The van der Waals surface area contributed by atoms with E-state index in [1.165, 1.54) is 17.0 Å². The number of rotatable bonds is 6. The number of pyridine rings is 1. The first kappa shape index (κ1) is 14.6.